The largest absolute Gasteiger partial charge is 0.308 e. The smallest absolute Gasteiger partial charge is 0.113 e. The van der Waals surface area contributed by atoms with Crippen molar-refractivity contribution in [2.45, 2.75) is 64.3 Å². The maximum Gasteiger partial charge on any atom is 0.113 e. The van der Waals surface area contributed by atoms with Gasteiger partial charge in [-0.2, -0.15) is 0 Å². The summed E-state index contributed by atoms with van der Waals surface area (Å²) in [6.45, 7) is 9.03. The molecule has 1 heterocycles. The van der Waals surface area contributed by atoms with Crippen molar-refractivity contribution < 1.29 is 0 Å². The SMILES string of the molecule is CNC(C)(c1nc(C(C)(C)C)cs1)C1CCCC1. The molecule has 1 aromatic rings. The molecule has 0 saturated heterocycles. The van der Waals surface area contributed by atoms with Crippen LogP contribution < -0.4 is 5.32 Å². The van der Waals surface area contributed by atoms with E-state index in [-0.39, 0.29) is 11.0 Å². The second-order valence-electron chi connectivity index (χ2n) is 6.72. The highest BCUT2D eigenvalue weighted by atomic mass is 32.1. The van der Waals surface area contributed by atoms with Crippen LogP contribution in [0.25, 0.3) is 0 Å². The summed E-state index contributed by atoms with van der Waals surface area (Å²) in [5.41, 5.74) is 1.44. The maximum absolute atomic E-state index is 4.93. The van der Waals surface area contributed by atoms with Crippen molar-refractivity contribution in [1.29, 1.82) is 0 Å². The molecule has 1 saturated carbocycles. The molecule has 0 bridgehead atoms. The van der Waals surface area contributed by atoms with Crippen LogP contribution in [0, 0.1) is 5.92 Å². The van der Waals surface area contributed by atoms with E-state index >= 15 is 0 Å². The van der Waals surface area contributed by atoms with Gasteiger partial charge in [-0.1, -0.05) is 33.6 Å². The lowest BCUT2D eigenvalue weighted by molar-refractivity contribution is 0.250. The van der Waals surface area contributed by atoms with Crippen molar-refractivity contribution in [1.82, 2.24) is 10.3 Å². The molecule has 18 heavy (non-hydrogen) atoms. The molecule has 0 amide bonds. The maximum atomic E-state index is 4.93. The van der Waals surface area contributed by atoms with Crippen molar-refractivity contribution in [3.05, 3.63) is 16.1 Å². The van der Waals surface area contributed by atoms with Gasteiger partial charge in [0, 0.05) is 10.8 Å². The lowest BCUT2D eigenvalue weighted by Crippen LogP contribution is -2.43. The summed E-state index contributed by atoms with van der Waals surface area (Å²) in [4.78, 5) is 4.93. The van der Waals surface area contributed by atoms with Crippen LogP contribution in [0.5, 0.6) is 0 Å². The van der Waals surface area contributed by atoms with E-state index in [1.54, 1.807) is 0 Å². The third-order valence-electron chi connectivity index (χ3n) is 4.41. The average molecular weight is 266 g/mol. The van der Waals surface area contributed by atoms with Crippen LogP contribution in [0.3, 0.4) is 0 Å². The van der Waals surface area contributed by atoms with Gasteiger partial charge in [0.25, 0.3) is 0 Å². The van der Waals surface area contributed by atoms with E-state index in [1.165, 1.54) is 36.4 Å². The Labute approximate surface area is 115 Å². The number of thiazole rings is 1. The summed E-state index contributed by atoms with van der Waals surface area (Å²) < 4.78 is 0. The second kappa shape index (κ2) is 4.93. The fourth-order valence-electron chi connectivity index (χ4n) is 2.85. The predicted molar refractivity (Wildman–Crippen MR) is 79.2 cm³/mol. The molecule has 3 heteroatoms. The Hall–Kier alpha value is -0.410. The van der Waals surface area contributed by atoms with Crippen LogP contribution in [0.2, 0.25) is 0 Å². The molecule has 1 aliphatic rings. The van der Waals surface area contributed by atoms with Crippen LogP contribution in [0.15, 0.2) is 5.38 Å². The zero-order chi connectivity index (χ0) is 13.4. The molecule has 1 unspecified atom stereocenters. The number of hydrogen-bond donors (Lipinski definition) is 1. The Balaban J connectivity index is 2.29. The monoisotopic (exact) mass is 266 g/mol. The van der Waals surface area contributed by atoms with E-state index < -0.39 is 0 Å². The summed E-state index contributed by atoms with van der Waals surface area (Å²) >= 11 is 1.82. The standard InChI is InChI=1S/C15H26N2S/c1-14(2,3)12-10-18-13(17-12)15(4,16-5)11-8-6-7-9-11/h10-11,16H,6-9H2,1-5H3. The first-order valence-electron chi connectivity index (χ1n) is 7.03. The first-order chi connectivity index (χ1) is 8.38. The van der Waals surface area contributed by atoms with Crippen molar-refractivity contribution >= 4 is 11.3 Å². The van der Waals surface area contributed by atoms with Crippen molar-refractivity contribution in [2.24, 2.45) is 5.92 Å². The minimum atomic E-state index is 0.0602. The molecule has 1 atom stereocenters. The summed E-state index contributed by atoms with van der Waals surface area (Å²) in [7, 11) is 2.08. The van der Waals surface area contributed by atoms with E-state index in [4.69, 9.17) is 4.98 Å². The van der Waals surface area contributed by atoms with Gasteiger partial charge in [0.2, 0.25) is 0 Å². The summed E-state index contributed by atoms with van der Waals surface area (Å²) in [6.07, 6.45) is 5.42. The molecule has 0 radical (unpaired) electrons. The molecule has 2 nitrogen and oxygen atoms in total. The van der Waals surface area contributed by atoms with Crippen LogP contribution >= 0.6 is 11.3 Å². The molecule has 0 aliphatic heterocycles. The number of hydrogen-bond acceptors (Lipinski definition) is 3. The lowest BCUT2D eigenvalue weighted by Gasteiger charge is -2.33. The van der Waals surface area contributed by atoms with Gasteiger partial charge in [0.05, 0.1) is 11.2 Å². The van der Waals surface area contributed by atoms with Crippen molar-refractivity contribution in [3.8, 4) is 0 Å². The van der Waals surface area contributed by atoms with E-state index in [0.717, 1.165) is 5.92 Å². The Morgan fingerprint density at radius 1 is 1.22 bits per heavy atom. The van der Waals surface area contributed by atoms with E-state index in [9.17, 15) is 0 Å². The highest BCUT2D eigenvalue weighted by Crippen LogP contribution is 2.41. The summed E-state index contributed by atoms with van der Waals surface area (Å²) in [6, 6.07) is 0. The zero-order valence-corrected chi connectivity index (χ0v) is 13.2. The molecule has 1 fully saturated rings. The molecule has 1 aliphatic carbocycles. The second-order valence-corrected chi connectivity index (χ2v) is 7.58. The van der Waals surface area contributed by atoms with E-state index in [0.29, 0.717) is 0 Å². The van der Waals surface area contributed by atoms with Gasteiger partial charge in [-0.05, 0) is 32.7 Å². The number of nitrogens with one attached hydrogen (secondary N) is 1. The van der Waals surface area contributed by atoms with Gasteiger partial charge in [-0.3, -0.25) is 0 Å². The topological polar surface area (TPSA) is 24.9 Å². The number of aromatic nitrogens is 1. The molecule has 0 spiro atoms. The van der Waals surface area contributed by atoms with Gasteiger partial charge >= 0.3 is 0 Å². The normalized spacial score (nSPS) is 21.2. The molecular weight excluding hydrogens is 240 g/mol. The molecule has 0 aromatic carbocycles. The minimum absolute atomic E-state index is 0.0602. The molecular formula is C15H26N2S. The van der Waals surface area contributed by atoms with E-state index in [1.807, 2.05) is 11.3 Å². The lowest BCUT2D eigenvalue weighted by atomic mass is 9.84. The summed E-state index contributed by atoms with van der Waals surface area (Å²) in [5.74, 6) is 0.737. The number of rotatable bonds is 3. The van der Waals surface area contributed by atoms with Crippen LogP contribution in [-0.4, -0.2) is 12.0 Å². The minimum Gasteiger partial charge on any atom is -0.308 e. The quantitative estimate of drug-likeness (QED) is 0.892. The highest BCUT2D eigenvalue weighted by Gasteiger charge is 2.39. The molecule has 1 aromatic heterocycles. The summed E-state index contributed by atoms with van der Waals surface area (Å²) in [5, 5.41) is 7.05. The fourth-order valence-corrected chi connectivity index (χ4v) is 4.14. The van der Waals surface area contributed by atoms with Gasteiger partial charge in [0.1, 0.15) is 5.01 Å². The zero-order valence-electron chi connectivity index (χ0n) is 12.3. The molecule has 2 rings (SSSR count). The van der Waals surface area contributed by atoms with E-state index in [2.05, 4.69) is 45.4 Å². The first-order valence-corrected chi connectivity index (χ1v) is 7.91. The first kappa shape index (κ1) is 14.0. The van der Waals surface area contributed by atoms with Crippen LogP contribution in [0.4, 0.5) is 0 Å². The van der Waals surface area contributed by atoms with Gasteiger partial charge in [0.15, 0.2) is 0 Å². The molecule has 102 valence electrons. The Kier molecular flexibility index (Phi) is 3.84. The Morgan fingerprint density at radius 2 is 1.83 bits per heavy atom. The van der Waals surface area contributed by atoms with Gasteiger partial charge in [-0.15, -0.1) is 11.3 Å². The highest BCUT2D eigenvalue weighted by molar-refractivity contribution is 7.09. The Bertz CT molecular complexity index is 399. The average Bonchev–Trinajstić information content (AvgIpc) is 2.97. The third-order valence-corrected chi connectivity index (χ3v) is 5.49. The van der Waals surface area contributed by atoms with Crippen LogP contribution in [0.1, 0.15) is 64.1 Å². The van der Waals surface area contributed by atoms with Gasteiger partial charge < -0.3 is 5.32 Å². The van der Waals surface area contributed by atoms with Crippen molar-refractivity contribution in [2.75, 3.05) is 7.05 Å². The van der Waals surface area contributed by atoms with Gasteiger partial charge in [-0.25, -0.2) is 4.98 Å². The predicted octanol–water partition coefficient (Wildman–Crippen LogP) is 4.07. The molecule has 1 N–H and O–H groups in total. The Morgan fingerprint density at radius 3 is 2.28 bits per heavy atom. The third kappa shape index (κ3) is 2.48. The van der Waals surface area contributed by atoms with Crippen molar-refractivity contribution in [3.63, 3.8) is 0 Å². The fraction of sp³-hybridized carbons (Fsp3) is 0.800. The number of nitrogens with zero attached hydrogens (tertiary/aromatic N) is 1. The van der Waals surface area contributed by atoms with Crippen LogP contribution in [-0.2, 0) is 11.0 Å².